The molecular formula is C10H14BrClFN3. The van der Waals surface area contributed by atoms with Gasteiger partial charge < -0.3 is 16.8 Å². The van der Waals surface area contributed by atoms with E-state index in [0.717, 1.165) is 0 Å². The van der Waals surface area contributed by atoms with Crippen molar-refractivity contribution < 1.29 is 4.39 Å². The molecule has 0 bridgehead atoms. The van der Waals surface area contributed by atoms with Crippen molar-refractivity contribution in [2.24, 2.45) is 11.5 Å². The molecular weight excluding hydrogens is 296 g/mol. The highest BCUT2D eigenvalue weighted by Gasteiger charge is 2.12. The standard InChI is InChI=1S/C10H14BrClFN3/c11-8-1-2-9(12)10(13)7(8)5-16-6(3-14)4-15/h1-2,6,16H,3-5,14-15H2. The van der Waals surface area contributed by atoms with Crippen LogP contribution in [0.15, 0.2) is 16.6 Å². The van der Waals surface area contributed by atoms with Gasteiger partial charge in [0.15, 0.2) is 0 Å². The molecule has 0 saturated heterocycles. The molecule has 0 aromatic heterocycles. The van der Waals surface area contributed by atoms with Crippen LogP contribution in [0.1, 0.15) is 5.56 Å². The van der Waals surface area contributed by atoms with Crippen molar-refractivity contribution in [3.63, 3.8) is 0 Å². The first-order valence-electron chi connectivity index (χ1n) is 4.86. The van der Waals surface area contributed by atoms with E-state index in [2.05, 4.69) is 21.2 Å². The van der Waals surface area contributed by atoms with Gasteiger partial charge in [-0.1, -0.05) is 27.5 Å². The molecule has 0 radical (unpaired) electrons. The Hall–Kier alpha value is -0.200. The van der Waals surface area contributed by atoms with Gasteiger partial charge in [0.25, 0.3) is 0 Å². The van der Waals surface area contributed by atoms with E-state index in [1.165, 1.54) is 6.07 Å². The summed E-state index contributed by atoms with van der Waals surface area (Å²) in [5.74, 6) is -0.420. The van der Waals surface area contributed by atoms with Crippen LogP contribution in [0.3, 0.4) is 0 Å². The summed E-state index contributed by atoms with van der Waals surface area (Å²) < 4.78 is 14.3. The van der Waals surface area contributed by atoms with Crippen LogP contribution in [0.2, 0.25) is 5.02 Å². The molecule has 0 spiro atoms. The second kappa shape index (κ2) is 6.51. The molecule has 5 N–H and O–H groups in total. The fourth-order valence-electron chi connectivity index (χ4n) is 1.24. The Morgan fingerprint density at radius 1 is 1.38 bits per heavy atom. The Kier molecular flexibility index (Phi) is 5.64. The smallest absolute Gasteiger partial charge is 0.147 e. The summed E-state index contributed by atoms with van der Waals surface area (Å²) in [6.45, 7) is 1.17. The third-order valence-electron chi connectivity index (χ3n) is 2.28. The number of nitrogens with one attached hydrogen (secondary N) is 1. The van der Waals surface area contributed by atoms with Crippen LogP contribution >= 0.6 is 27.5 Å². The van der Waals surface area contributed by atoms with Crippen LogP contribution in [-0.2, 0) is 6.54 Å². The zero-order chi connectivity index (χ0) is 12.1. The third kappa shape index (κ3) is 3.40. The summed E-state index contributed by atoms with van der Waals surface area (Å²) in [7, 11) is 0. The average molecular weight is 311 g/mol. The van der Waals surface area contributed by atoms with Crippen molar-refractivity contribution in [2.45, 2.75) is 12.6 Å². The highest BCUT2D eigenvalue weighted by atomic mass is 79.9. The van der Waals surface area contributed by atoms with Crippen LogP contribution in [0.25, 0.3) is 0 Å². The summed E-state index contributed by atoms with van der Waals surface area (Å²) in [5, 5.41) is 3.17. The van der Waals surface area contributed by atoms with Crippen molar-refractivity contribution in [1.82, 2.24) is 5.32 Å². The summed E-state index contributed by atoms with van der Waals surface area (Å²) in [6.07, 6.45) is 0. The van der Waals surface area contributed by atoms with Gasteiger partial charge in [-0.05, 0) is 12.1 Å². The van der Waals surface area contributed by atoms with Gasteiger partial charge in [0.1, 0.15) is 5.82 Å². The minimum Gasteiger partial charge on any atom is -0.329 e. The molecule has 0 aliphatic heterocycles. The second-order valence-electron chi connectivity index (χ2n) is 3.37. The van der Waals surface area contributed by atoms with Crippen LogP contribution in [-0.4, -0.2) is 19.1 Å². The molecule has 0 heterocycles. The van der Waals surface area contributed by atoms with Crippen molar-refractivity contribution in [3.8, 4) is 0 Å². The van der Waals surface area contributed by atoms with Gasteiger partial charge in [-0.25, -0.2) is 4.39 Å². The SMILES string of the molecule is NCC(CN)NCc1c(Br)ccc(Cl)c1F. The number of benzene rings is 1. The molecule has 90 valence electrons. The Labute approximate surface area is 107 Å². The maximum atomic E-state index is 13.7. The Morgan fingerprint density at radius 3 is 2.56 bits per heavy atom. The second-order valence-corrected chi connectivity index (χ2v) is 4.63. The van der Waals surface area contributed by atoms with E-state index in [4.69, 9.17) is 23.1 Å². The average Bonchev–Trinajstić information content (AvgIpc) is 2.29. The van der Waals surface area contributed by atoms with Crippen molar-refractivity contribution >= 4 is 27.5 Å². The van der Waals surface area contributed by atoms with E-state index >= 15 is 0 Å². The summed E-state index contributed by atoms with van der Waals surface area (Å²) >= 11 is 8.97. The van der Waals surface area contributed by atoms with Crippen LogP contribution in [0.5, 0.6) is 0 Å². The van der Waals surface area contributed by atoms with E-state index < -0.39 is 5.82 Å². The largest absolute Gasteiger partial charge is 0.329 e. The monoisotopic (exact) mass is 309 g/mol. The molecule has 0 saturated carbocycles. The van der Waals surface area contributed by atoms with Gasteiger partial charge in [0.2, 0.25) is 0 Å². The molecule has 1 aromatic rings. The van der Waals surface area contributed by atoms with Crippen LogP contribution in [0.4, 0.5) is 4.39 Å². The van der Waals surface area contributed by atoms with Crippen LogP contribution < -0.4 is 16.8 Å². The first-order valence-corrected chi connectivity index (χ1v) is 6.03. The predicted octanol–water partition coefficient (Wildman–Crippen LogP) is 1.62. The normalized spacial score (nSPS) is 11.1. The molecule has 0 aliphatic rings. The lowest BCUT2D eigenvalue weighted by atomic mass is 10.2. The number of hydrogen-bond donors (Lipinski definition) is 3. The maximum absolute atomic E-state index is 13.7. The fourth-order valence-corrected chi connectivity index (χ4v) is 1.86. The zero-order valence-corrected chi connectivity index (χ0v) is 11.0. The lowest BCUT2D eigenvalue weighted by molar-refractivity contribution is 0.510. The molecule has 3 nitrogen and oxygen atoms in total. The third-order valence-corrected chi connectivity index (χ3v) is 3.31. The van der Waals surface area contributed by atoms with E-state index in [0.29, 0.717) is 29.7 Å². The fraction of sp³-hybridized carbons (Fsp3) is 0.400. The van der Waals surface area contributed by atoms with E-state index in [1.54, 1.807) is 6.07 Å². The van der Waals surface area contributed by atoms with Gasteiger partial charge in [0.05, 0.1) is 5.02 Å². The minimum absolute atomic E-state index is 0.0229. The minimum atomic E-state index is -0.420. The first-order chi connectivity index (χ1) is 7.60. The highest BCUT2D eigenvalue weighted by molar-refractivity contribution is 9.10. The molecule has 6 heteroatoms. The number of rotatable bonds is 5. The molecule has 1 aromatic carbocycles. The van der Waals surface area contributed by atoms with Gasteiger partial charge in [-0.15, -0.1) is 0 Å². The van der Waals surface area contributed by atoms with E-state index in [-0.39, 0.29) is 11.1 Å². The van der Waals surface area contributed by atoms with Crippen molar-refractivity contribution in [2.75, 3.05) is 13.1 Å². The molecule has 0 unspecified atom stereocenters. The van der Waals surface area contributed by atoms with Crippen molar-refractivity contribution in [1.29, 1.82) is 0 Å². The lowest BCUT2D eigenvalue weighted by Crippen LogP contribution is -2.41. The van der Waals surface area contributed by atoms with Gasteiger partial charge >= 0.3 is 0 Å². The summed E-state index contributed by atoms with van der Waals surface area (Å²) in [5.41, 5.74) is 11.4. The van der Waals surface area contributed by atoms with Crippen molar-refractivity contribution in [3.05, 3.63) is 33.0 Å². The van der Waals surface area contributed by atoms with Crippen LogP contribution in [0, 0.1) is 5.82 Å². The Bertz CT molecular complexity index is 358. The lowest BCUT2D eigenvalue weighted by Gasteiger charge is -2.15. The van der Waals surface area contributed by atoms with E-state index in [1.807, 2.05) is 0 Å². The molecule has 0 atom stereocenters. The summed E-state index contributed by atoms with van der Waals surface area (Å²) in [4.78, 5) is 0. The first kappa shape index (κ1) is 13.9. The molecule has 0 fully saturated rings. The number of hydrogen-bond acceptors (Lipinski definition) is 3. The Balaban J connectivity index is 2.77. The number of halogens is 3. The molecule has 1 rings (SSSR count). The predicted molar refractivity (Wildman–Crippen MR) is 67.8 cm³/mol. The highest BCUT2D eigenvalue weighted by Crippen LogP contribution is 2.25. The maximum Gasteiger partial charge on any atom is 0.147 e. The van der Waals surface area contributed by atoms with Gasteiger partial charge in [-0.2, -0.15) is 0 Å². The number of nitrogens with two attached hydrogens (primary N) is 2. The van der Waals surface area contributed by atoms with Gasteiger partial charge in [-0.3, -0.25) is 0 Å². The van der Waals surface area contributed by atoms with E-state index in [9.17, 15) is 4.39 Å². The molecule has 0 amide bonds. The summed E-state index contributed by atoms with van der Waals surface area (Å²) in [6, 6.07) is 3.20. The Morgan fingerprint density at radius 2 is 2.00 bits per heavy atom. The topological polar surface area (TPSA) is 64.1 Å². The molecule has 16 heavy (non-hydrogen) atoms. The quantitative estimate of drug-likeness (QED) is 0.724. The molecule has 0 aliphatic carbocycles. The zero-order valence-electron chi connectivity index (χ0n) is 8.64. The van der Waals surface area contributed by atoms with Gasteiger partial charge in [0, 0.05) is 35.7 Å².